The Morgan fingerprint density at radius 1 is 1.17 bits per heavy atom. The van der Waals surface area contributed by atoms with Gasteiger partial charge in [0.1, 0.15) is 0 Å². The van der Waals surface area contributed by atoms with Gasteiger partial charge >= 0.3 is 0 Å². The SMILES string of the molecule is C[C@H](O)[C@H]1CC[C@H]2[C@@H]3C=CC4=CC(=O)CC[C@]4(C)[C@H]3CC[C@]12C. The molecule has 2 nitrogen and oxygen atoms in total. The maximum absolute atomic E-state index is 11.8. The molecule has 0 aromatic carbocycles. The molecule has 1 N–H and O–H groups in total. The van der Waals surface area contributed by atoms with E-state index >= 15 is 0 Å². The summed E-state index contributed by atoms with van der Waals surface area (Å²) < 4.78 is 0. The van der Waals surface area contributed by atoms with Gasteiger partial charge in [-0.2, -0.15) is 0 Å². The molecular formula is C21H30O2. The maximum atomic E-state index is 11.8. The van der Waals surface area contributed by atoms with E-state index in [-0.39, 0.29) is 11.5 Å². The minimum atomic E-state index is -0.188. The van der Waals surface area contributed by atoms with E-state index in [1.54, 1.807) is 0 Å². The van der Waals surface area contributed by atoms with Crippen LogP contribution in [0, 0.1) is 34.5 Å². The number of allylic oxidation sites excluding steroid dienone is 4. The van der Waals surface area contributed by atoms with Crippen LogP contribution in [0.4, 0.5) is 0 Å². The van der Waals surface area contributed by atoms with Gasteiger partial charge in [0, 0.05) is 6.42 Å². The molecule has 2 saturated carbocycles. The summed E-state index contributed by atoms with van der Waals surface area (Å²) in [5.41, 5.74) is 1.77. The molecule has 126 valence electrons. The van der Waals surface area contributed by atoms with E-state index in [0.717, 1.165) is 12.8 Å². The maximum Gasteiger partial charge on any atom is 0.156 e. The zero-order valence-corrected chi connectivity index (χ0v) is 14.7. The van der Waals surface area contributed by atoms with Gasteiger partial charge < -0.3 is 5.11 Å². The Balaban J connectivity index is 1.71. The monoisotopic (exact) mass is 314 g/mol. The minimum Gasteiger partial charge on any atom is -0.393 e. The number of fused-ring (bicyclic) bond motifs is 5. The third-order valence-corrected chi connectivity index (χ3v) is 8.17. The highest BCUT2D eigenvalue weighted by atomic mass is 16.3. The fourth-order valence-electron chi connectivity index (χ4n) is 6.83. The van der Waals surface area contributed by atoms with Gasteiger partial charge in [0.15, 0.2) is 5.78 Å². The first-order valence-corrected chi connectivity index (χ1v) is 9.47. The van der Waals surface area contributed by atoms with Crippen LogP contribution in [0.15, 0.2) is 23.8 Å². The van der Waals surface area contributed by atoms with Gasteiger partial charge in [0.25, 0.3) is 0 Å². The lowest BCUT2D eigenvalue weighted by Crippen LogP contribution is -2.49. The molecule has 4 rings (SSSR count). The fraction of sp³-hybridized carbons (Fsp3) is 0.762. The Labute approximate surface area is 140 Å². The molecule has 0 heterocycles. The molecule has 0 unspecified atom stereocenters. The van der Waals surface area contributed by atoms with E-state index in [4.69, 9.17) is 0 Å². The Morgan fingerprint density at radius 2 is 1.96 bits per heavy atom. The Hall–Kier alpha value is -0.890. The number of carbonyl (C=O) groups is 1. The molecule has 0 amide bonds. The lowest BCUT2D eigenvalue weighted by atomic mass is 9.48. The van der Waals surface area contributed by atoms with Crippen LogP contribution >= 0.6 is 0 Å². The third kappa shape index (κ3) is 2.06. The second kappa shape index (κ2) is 5.05. The largest absolute Gasteiger partial charge is 0.393 e. The quantitative estimate of drug-likeness (QED) is 0.784. The Morgan fingerprint density at radius 3 is 2.70 bits per heavy atom. The lowest BCUT2D eigenvalue weighted by molar-refractivity contribution is -0.116. The molecule has 2 fully saturated rings. The minimum absolute atomic E-state index is 0.188. The van der Waals surface area contributed by atoms with Gasteiger partial charge in [-0.15, -0.1) is 0 Å². The van der Waals surface area contributed by atoms with Crippen LogP contribution in [0.3, 0.4) is 0 Å². The summed E-state index contributed by atoms with van der Waals surface area (Å²) in [7, 11) is 0. The van der Waals surface area contributed by atoms with E-state index in [1.807, 2.05) is 13.0 Å². The van der Waals surface area contributed by atoms with Crippen molar-refractivity contribution in [2.45, 2.75) is 65.4 Å². The van der Waals surface area contributed by atoms with Crippen LogP contribution in [0.25, 0.3) is 0 Å². The van der Waals surface area contributed by atoms with Crippen LogP contribution in [-0.4, -0.2) is 17.0 Å². The summed E-state index contributed by atoms with van der Waals surface area (Å²) in [4.78, 5) is 11.8. The van der Waals surface area contributed by atoms with Crippen molar-refractivity contribution >= 4 is 5.78 Å². The highest BCUT2D eigenvalue weighted by Crippen LogP contribution is 2.65. The van der Waals surface area contributed by atoms with Crippen LogP contribution in [0.5, 0.6) is 0 Å². The molecule has 0 spiro atoms. The van der Waals surface area contributed by atoms with Crippen LogP contribution in [-0.2, 0) is 4.79 Å². The lowest BCUT2D eigenvalue weighted by Gasteiger charge is -2.56. The summed E-state index contributed by atoms with van der Waals surface area (Å²) in [6.07, 6.45) is 13.1. The number of hydrogen-bond donors (Lipinski definition) is 1. The number of aliphatic hydroxyl groups is 1. The molecule has 0 aromatic heterocycles. The Kier molecular flexibility index (Phi) is 3.43. The van der Waals surface area contributed by atoms with Crippen molar-refractivity contribution in [2.24, 2.45) is 34.5 Å². The summed E-state index contributed by atoms with van der Waals surface area (Å²) in [6, 6.07) is 0. The van der Waals surface area contributed by atoms with Crippen LogP contribution < -0.4 is 0 Å². The average Bonchev–Trinajstić information content (AvgIpc) is 2.85. The van der Waals surface area contributed by atoms with E-state index in [9.17, 15) is 9.90 Å². The van der Waals surface area contributed by atoms with Crippen molar-refractivity contribution in [3.05, 3.63) is 23.8 Å². The van der Waals surface area contributed by atoms with Crippen molar-refractivity contribution in [2.75, 3.05) is 0 Å². The van der Waals surface area contributed by atoms with Crippen LogP contribution in [0.1, 0.15) is 59.3 Å². The normalized spacial score (nSPS) is 49.9. The van der Waals surface area contributed by atoms with E-state index in [2.05, 4.69) is 26.0 Å². The molecule has 4 aliphatic rings. The van der Waals surface area contributed by atoms with Gasteiger partial charge in [-0.1, -0.05) is 26.0 Å². The zero-order valence-electron chi connectivity index (χ0n) is 14.7. The second-order valence-corrected chi connectivity index (χ2v) is 9.10. The second-order valence-electron chi connectivity index (χ2n) is 9.10. The van der Waals surface area contributed by atoms with Crippen LogP contribution in [0.2, 0.25) is 0 Å². The molecule has 0 bridgehead atoms. The first kappa shape index (κ1) is 15.6. The number of ketones is 1. The number of aliphatic hydroxyl groups excluding tert-OH is 1. The van der Waals surface area contributed by atoms with Gasteiger partial charge in [0.05, 0.1) is 6.10 Å². The molecule has 0 saturated heterocycles. The molecule has 23 heavy (non-hydrogen) atoms. The summed E-state index contributed by atoms with van der Waals surface area (Å²) in [5.74, 6) is 2.77. The average molecular weight is 314 g/mol. The molecule has 4 aliphatic carbocycles. The van der Waals surface area contributed by atoms with E-state index in [1.165, 1.54) is 31.3 Å². The van der Waals surface area contributed by atoms with Crippen molar-refractivity contribution in [1.29, 1.82) is 0 Å². The molecule has 0 aromatic rings. The third-order valence-electron chi connectivity index (χ3n) is 8.17. The first-order valence-electron chi connectivity index (χ1n) is 9.47. The number of rotatable bonds is 1. The Bertz CT molecular complexity index is 587. The number of carbonyl (C=O) groups excluding carboxylic acids is 1. The molecule has 2 heteroatoms. The first-order chi connectivity index (χ1) is 10.9. The fourth-order valence-corrected chi connectivity index (χ4v) is 6.83. The predicted octanol–water partition coefficient (Wildman–Crippen LogP) is 4.29. The predicted molar refractivity (Wildman–Crippen MR) is 91.8 cm³/mol. The van der Waals surface area contributed by atoms with Crippen molar-refractivity contribution in [3.63, 3.8) is 0 Å². The van der Waals surface area contributed by atoms with Gasteiger partial charge in [-0.25, -0.2) is 0 Å². The molecule has 0 aliphatic heterocycles. The summed E-state index contributed by atoms with van der Waals surface area (Å²) in [6.45, 7) is 6.82. The highest BCUT2D eigenvalue weighted by Gasteiger charge is 2.58. The van der Waals surface area contributed by atoms with Gasteiger partial charge in [-0.05, 0) is 85.2 Å². The highest BCUT2D eigenvalue weighted by molar-refractivity contribution is 5.92. The molecule has 0 radical (unpaired) electrons. The molecular weight excluding hydrogens is 284 g/mol. The van der Waals surface area contributed by atoms with E-state index < -0.39 is 0 Å². The topological polar surface area (TPSA) is 37.3 Å². The zero-order chi connectivity index (χ0) is 16.4. The van der Waals surface area contributed by atoms with E-state index in [0.29, 0.717) is 34.9 Å². The van der Waals surface area contributed by atoms with Gasteiger partial charge in [0.2, 0.25) is 0 Å². The number of hydrogen-bond acceptors (Lipinski definition) is 2. The summed E-state index contributed by atoms with van der Waals surface area (Å²) in [5, 5.41) is 10.3. The smallest absolute Gasteiger partial charge is 0.156 e. The summed E-state index contributed by atoms with van der Waals surface area (Å²) >= 11 is 0. The van der Waals surface area contributed by atoms with Crippen molar-refractivity contribution < 1.29 is 9.90 Å². The van der Waals surface area contributed by atoms with Gasteiger partial charge in [-0.3, -0.25) is 4.79 Å². The molecule has 7 atom stereocenters. The van der Waals surface area contributed by atoms with Crippen molar-refractivity contribution in [1.82, 2.24) is 0 Å². The van der Waals surface area contributed by atoms with Crippen molar-refractivity contribution in [3.8, 4) is 0 Å². The standard InChI is InChI=1S/C21H30O2/c1-13(22)17-6-7-18-16-5-4-14-12-15(23)8-10-20(14,2)19(16)9-11-21(17,18)3/h4-5,12-13,16-19,22H,6-11H2,1-3H3/t13-,16-,17+,18-,19-,20-,21+/m0/s1.